The van der Waals surface area contributed by atoms with Gasteiger partial charge in [-0.05, 0) is 29.3 Å². The second-order valence-electron chi connectivity index (χ2n) is 6.45. The first-order valence-electron chi connectivity index (χ1n) is 8.40. The summed E-state index contributed by atoms with van der Waals surface area (Å²) in [6, 6.07) is 14.7. The summed E-state index contributed by atoms with van der Waals surface area (Å²) in [5.74, 6) is 7.09. The molecule has 2 aromatic carbocycles. The fraction of sp³-hybridized carbons (Fsp3) is 0.150. The Labute approximate surface area is 158 Å². The predicted molar refractivity (Wildman–Crippen MR) is 103 cm³/mol. The number of aryl methyl sites for hydroxylation is 1. The predicted octanol–water partition coefficient (Wildman–Crippen LogP) is 1.99. The SMILES string of the molecule is Cn1ncc(C#Cc2cccc(S(N)(=O)=O)c2)c1N1Cc2ccccc2C1. The van der Waals surface area contributed by atoms with Crippen molar-refractivity contribution in [1.82, 2.24) is 9.78 Å². The monoisotopic (exact) mass is 378 g/mol. The summed E-state index contributed by atoms with van der Waals surface area (Å²) >= 11 is 0. The molecule has 7 heteroatoms. The van der Waals surface area contributed by atoms with Gasteiger partial charge in [-0.1, -0.05) is 42.2 Å². The van der Waals surface area contributed by atoms with Crippen LogP contribution in [-0.4, -0.2) is 18.2 Å². The average molecular weight is 378 g/mol. The Balaban J connectivity index is 1.66. The van der Waals surface area contributed by atoms with Crippen molar-refractivity contribution < 1.29 is 8.42 Å². The van der Waals surface area contributed by atoms with Crippen LogP contribution in [-0.2, 0) is 30.2 Å². The lowest BCUT2D eigenvalue weighted by Crippen LogP contribution is -2.19. The molecule has 1 aliphatic rings. The molecule has 0 atom stereocenters. The van der Waals surface area contributed by atoms with Crippen LogP contribution in [0.15, 0.2) is 59.6 Å². The van der Waals surface area contributed by atoms with Crippen molar-refractivity contribution in [2.45, 2.75) is 18.0 Å². The molecule has 2 N–H and O–H groups in total. The summed E-state index contributed by atoms with van der Waals surface area (Å²) in [5, 5.41) is 9.54. The second kappa shape index (κ2) is 6.58. The lowest BCUT2D eigenvalue weighted by Gasteiger charge is -2.18. The van der Waals surface area contributed by atoms with Gasteiger partial charge in [0.1, 0.15) is 5.82 Å². The molecule has 0 spiro atoms. The number of hydrogen-bond donors (Lipinski definition) is 1. The van der Waals surface area contributed by atoms with Crippen molar-refractivity contribution in [2.75, 3.05) is 4.90 Å². The Kier molecular flexibility index (Phi) is 4.22. The minimum Gasteiger partial charge on any atom is -0.347 e. The smallest absolute Gasteiger partial charge is 0.238 e. The number of nitrogens with zero attached hydrogens (tertiary/aromatic N) is 3. The standard InChI is InChI=1S/C20H18N4O2S/c1-23-20(24-13-17-6-2-3-7-18(17)14-24)16(12-22-23)10-9-15-5-4-8-19(11-15)27(21,25)26/h2-8,11-12H,13-14H2,1H3,(H2,21,25,26). The number of fused-ring (bicyclic) bond motifs is 1. The largest absolute Gasteiger partial charge is 0.347 e. The third-order valence-corrected chi connectivity index (χ3v) is 5.46. The van der Waals surface area contributed by atoms with Crippen molar-refractivity contribution in [1.29, 1.82) is 0 Å². The van der Waals surface area contributed by atoms with E-state index in [1.54, 1.807) is 18.3 Å². The lowest BCUT2D eigenvalue weighted by atomic mass is 10.1. The molecule has 0 bridgehead atoms. The van der Waals surface area contributed by atoms with Crippen molar-refractivity contribution in [3.05, 3.63) is 77.0 Å². The molecular formula is C20H18N4O2S. The molecule has 0 aliphatic carbocycles. The second-order valence-corrected chi connectivity index (χ2v) is 8.01. The molecule has 2 heterocycles. The van der Waals surface area contributed by atoms with Crippen LogP contribution in [0.5, 0.6) is 0 Å². The highest BCUT2D eigenvalue weighted by molar-refractivity contribution is 7.89. The minimum atomic E-state index is -3.75. The zero-order chi connectivity index (χ0) is 19.0. The highest BCUT2D eigenvalue weighted by atomic mass is 32.2. The van der Waals surface area contributed by atoms with Gasteiger partial charge in [-0.3, -0.25) is 4.68 Å². The first-order valence-corrected chi connectivity index (χ1v) is 9.95. The summed E-state index contributed by atoms with van der Waals surface area (Å²) in [6.07, 6.45) is 1.73. The maximum Gasteiger partial charge on any atom is 0.238 e. The summed E-state index contributed by atoms with van der Waals surface area (Å²) in [4.78, 5) is 2.29. The van der Waals surface area contributed by atoms with E-state index in [1.165, 1.54) is 23.3 Å². The Morgan fingerprint density at radius 2 is 1.74 bits per heavy atom. The van der Waals surface area contributed by atoms with E-state index in [1.807, 2.05) is 23.9 Å². The van der Waals surface area contributed by atoms with E-state index in [9.17, 15) is 8.42 Å². The average Bonchev–Trinajstić information content (AvgIpc) is 3.22. The van der Waals surface area contributed by atoms with Crippen LogP contribution in [0.1, 0.15) is 22.3 Å². The van der Waals surface area contributed by atoms with Crippen LogP contribution >= 0.6 is 0 Å². The number of sulfonamides is 1. The molecule has 1 aromatic heterocycles. The molecule has 1 aliphatic heterocycles. The van der Waals surface area contributed by atoms with E-state index in [0.717, 1.165) is 24.5 Å². The van der Waals surface area contributed by atoms with Gasteiger partial charge in [0.15, 0.2) is 0 Å². The van der Waals surface area contributed by atoms with Crippen LogP contribution in [0.4, 0.5) is 5.82 Å². The van der Waals surface area contributed by atoms with E-state index >= 15 is 0 Å². The van der Waals surface area contributed by atoms with Crippen molar-refractivity contribution in [3.8, 4) is 11.8 Å². The van der Waals surface area contributed by atoms with Gasteiger partial charge in [-0.2, -0.15) is 5.10 Å². The molecule has 0 fully saturated rings. The Bertz CT molecular complexity index is 1160. The lowest BCUT2D eigenvalue weighted by molar-refractivity contribution is 0.598. The molecule has 0 amide bonds. The topological polar surface area (TPSA) is 81.2 Å². The van der Waals surface area contributed by atoms with Crippen LogP contribution in [0.2, 0.25) is 0 Å². The van der Waals surface area contributed by atoms with E-state index in [0.29, 0.717) is 5.56 Å². The van der Waals surface area contributed by atoms with Crippen LogP contribution in [0.25, 0.3) is 0 Å². The molecule has 0 saturated carbocycles. The Hall–Kier alpha value is -3.08. The van der Waals surface area contributed by atoms with Gasteiger partial charge in [-0.15, -0.1) is 0 Å². The van der Waals surface area contributed by atoms with Crippen molar-refractivity contribution >= 4 is 15.8 Å². The number of aromatic nitrogens is 2. The summed E-state index contributed by atoms with van der Waals surface area (Å²) in [6.45, 7) is 1.62. The van der Waals surface area contributed by atoms with E-state index in [2.05, 4.69) is 34.0 Å². The number of benzene rings is 2. The van der Waals surface area contributed by atoms with E-state index in [4.69, 9.17) is 5.14 Å². The highest BCUT2D eigenvalue weighted by Gasteiger charge is 2.23. The first kappa shape index (κ1) is 17.3. The van der Waals surface area contributed by atoms with Crippen molar-refractivity contribution in [2.24, 2.45) is 12.2 Å². The maximum atomic E-state index is 11.5. The van der Waals surface area contributed by atoms with Gasteiger partial charge in [0.25, 0.3) is 0 Å². The molecule has 136 valence electrons. The Morgan fingerprint density at radius 1 is 1.04 bits per heavy atom. The van der Waals surface area contributed by atoms with Gasteiger partial charge >= 0.3 is 0 Å². The molecular weight excluding hydrogens is 360 g/mol. The summed E-state index contributed by atoms with van der Waals surface area (Å²) in [5.41, 5.74) is 3.99. The summed E-state index contributed by atoms with van der Waals surface area (Å²) in [7, 11) is -1.85. The number of nitrogens with two attached hydrogens (primary N) is 1. The van der Waals surface area contributed by atoms with Crippen LogP contribution < -0.4 is 10.0 Å². The number of hydrogen-bond acceptors (Lipinski definition) is 4. The molecule has 0 radical (unpaired) electrons. The number of primary sulfonamides is 1. The molecule has 27 heavy (non-hydrogen) atoms. The molecule has 6 nitrogen and oxygen atoms in total. The normalized spacial score (nSPS) is 13.2. The highest BCUT2D eigenvalue weighted by Crippen LogP contribution is 2.29. The zero-order valence-electron chi connectivity index (χ0n) is 14.8. The van der Waals surface area contributed by atoms with E-state index < -0.39 is 10.0 Å². The molecule has 0 saturated heterocycles. The third kappa shape index (κ3) is 3.45. The van der Waals surface area contributed by atoms with Crippen LogP contribution in [0, 0.1) is 11.8 Å². The van der Waals surface area contributed by atoms with Gasteiger partial charge in [0.2, 0.25) is 10.0 Å². The fourth-order valence-corrected chi connectivity index (χ4v) is 3.83. The van der Waals surface area contributed by atoms with Gasteiger partial charge in [0.05, 0.1) is 16.7 Å². The van der Waals surface area contributed by atoms with Crippen molar-refractivity contribution in [3.63, 3.8) is 0 Å². The fourth-order valence-electron chi connectivity index (χ4n) is 3.27. The molecule has 4 rings (SSSR count). The van der Waals surface area contributed by atoms with Gasteiger partial charge in [-0.25, -0.2) is 13.6 Å². The quantitative estimate of drug-likeness (QED) is 0.692. The zero-order valence-corrected chi connectivity index (χ0v) is 15.6. The van der Waals surface area contributed by atoms with Gasteiger partial charge < -0.3 is 4.90 Å². The molecule has 0 unspecified atom stereocenters. The maximum absolute atomic E-state index is 11.5. The third-order valence-electron chi connectivity index (χ3n) is 4.55. The Morgan fingerprint density at radius 3 is 2.41 bits per heavy atom. The number of rotatable bonds is 2. The van der Waals surface area contributed by atoms with Crippen LogP contribution in [0.3, 0.4) is 0 Å². The molecule has 3 aromatic rings. The van der Waals surface area contributed by atoms with Gasteiger partial charge in [0, 0.05) is 25.7 Å². The summed E-state index contributed by atoms with van der Waals surface area (Å²) < 4.78 is 24.8. The van der Waals surface area contributed by atoms with E-state index in [-0.39, 0.29) is 4.90 Å². The minimum absolute atomic E-state index is 0.0516. The first-order chi connectivity index (χ1) is 12.9. The number of anilines is 1.